The van der Waals surface area contributed by atoms with Gasteiger partial charge in [-0.3, -0.25) is 0 Å². The lowest BCUT2D eigenvalue weighted by Crippen LogP contribution is -2.36. The predicted molar refractivity (Wildman–Crippen MR) is 134 cm³/mol. The molecule has 5 rings (SSSR count). The van der Waals surface area contributed by atoms with Gasteiger partial charge in [0.2, 0.25) is 0 Å². The normalized spacial score (nSPS) is 19.1. The maximum atomic E-state index is 11.6. The summed E-state index contributed by atoms with van der Waals surface area (Å²) in [7, 11) is 3.54. The van der Waals surface area contributed by atoms with Crippen molar-refractivity contribution in [2.75, 3.05) is 63.4 Å². The van der Waals surface area contributed by atoms with Gasteiger partial charge in [0.05, 0.1) is 13.2 Å². The quantitative estimate of drug-likeness (QED) is 0.715. The van der Waals surface area contributed by atoms with Crippen molar-refractivity contribution < 1.29 is 14.6 Å². The Morgan fingerprint density at radius 1 is 0.818 bits per heavy atom. The largest absolute Gasteiger partial charge is 0.384 e. The third-order valence-corrected chi connectivity index (χ3v) is 8.00. The number of rotatable bonds is 6. The second-order valence-electron chi connectivity index (χ2n) is 10.3. The van der Waals surface area contributed by atoms with Crippen LogP contribution in [0, 0.1) is 0 Å². The standard InChI is InChI=1S/C28H38N2O3/c1-28(2)23-17-25-19(7-5-9-29(25)11-13-32-3)15-21(23)27(31)22-16-20-8-6-10-30(12-14-33-4)26(20)18-24(22)28/h15-18,27,31H,5-14H2,1-4H3. The number of hydrogen-bond donors (Lipinski definition) is 1. The van der Waals surface area contributed by atoms with E-state index >= 15 is 0 Å². The first kappa shape index (κ1) is 22.7. The first-order valence-electron chi connectivity index (χ1n) is 12.5. The summed E-state index contributed by atoms with van der Waals surface area (Å²) in [6.07, 6.45) is 3.88. The van der Waals surface area contributed by atoms with E-state index in [1.54, 1.807) is 14.2 Å². The van der Waals surface area contributed by atoms with Gasteiger partial charge in [0.1, 0.15) is 6.10 Å². The van der Waals surface area contributed by atoms with Gasteiger partial charge in [-0.25, -0.2) is 0 Å². The number of fused-ring (bicyclic) bond motifs is 4. The number of aryl methyl sites for hydroxylation is 2. The third kappa shape index (κ3) is 3.84. The van der Waals surface area contributed by atoms with Crippen molar-refractivity contribution in [2.45, 2.75) is 51.0 Å². The molecule has 0 radical (unpaired) electrons. The highest BCUT2D eigenvalue weighted by atomic mass is 16.5. The van der Waals surface area contributed by atoms with Gasteiger partial charge in [-0.05, 0) is 71.2 Å². The molecule has 0 amide bonds. The van der Waals surface area contributed by atoms with Crippen LogP contribution in [0.25, 0.3) is 0 Å². The van der Waals surface area contributed by atoms with Gasteiger partial charge in [-0.2, -0.15) is 0 Å². The van der Waals surface area contributed by atoms with Crippen molar-refractivity contribution in [2.24, 2.45) is 0 Å². The average molecular weight is 451 g/mol. The van der Waals surface area contributed by atoms with E-state index in [-0.39, 0.29) is 5.41 Å². The Kier molecular flexibility index (Phi) is 6.15. The minimum atomic E-state index is -0.567. The van der Waals surface area contributed by atoms with Crippen LogP contribution in [-0.4, -0.2) is 58.7 Å². The van der Waals surface area contributed by atoms with Crippen molar-refractivity contribution in [3.8, 4) is 0 Å². The van der Waals surface area contributed by atoms with Crippen molar-refractivity contribution in [1.29, 1.82) is 0 Å². The van der Waals surface area contributed by atoms with Crippen LogP contribution in [0.5, 0.6) is 0 Å². The van der Waals surface area contributed by atoms with Gasteiger partial charge < -0.3 is 24.4 Å². The molecule has 0 aromatic heterocycles. The zero-order valence-electron chi connectivity index (χ0n) is 20.6. The maximum Gasteiger partial charge on any atom is 0.105 e. The van der Waals surface area contributed by atoms with E-state index in [1.165, 1.54) is 33.6 Å². The highest BCUT2D eigenvalue weighted by Gasteiger charge is 2.39. The number of aliphatic hydroxyl groups excluding tert-OH is 1. The second kappa shape index (κ2) is 8.94. The Hall–Kier alpha value is -2.08. The summed E-state index contributed by atoms with van der Waals surface area (Å²) < 4.78 is 10.7. The molecule has 5 heteroatoms. The van der Waals surface area contributed by atoms with Gasteiger partial charge in [-0.1, -0.05) is 26.0 Å². The molecule has 2 aliphatic heterocycles. The van der Waals surface area contributed by atoms with Crippen molar-refractivity contribution >= 4 is 11.4 Å². The van der Waals surface area contributed by atoms with E-state index in [0.717, 1.165) is 76.2 Å². The molecule has 1 aliphatic carbocycles. The Morgan fingerprint density at radius 3 is 1.70 bits per heavy atom. The molecule has 0 unspecified atom stereocenters. The molecule has 0 spiro atoms. The van der Waals surface area contributed by atoms with Crippen LogP contribution in [0.1, 0.15) is 66.2 Å². The molecule has 1 N–H and O–H groups in total. The van der Waals surface area contributed by atoms with Crippen LogP contribution in [0.2, 0.25) is 0 Å². The molecule has 2 aromatic rings. The van der Waals surface area contributed by atoms with Crippen molar-refractivity contribution in [3.63, 3.8) is 0 Å². The molecule has 3 aliphatic rings. The van der Waals surface area contributed by atoms with E-state index in [0.29, 0.717) is 0 Å². The van der Waals surface area contributed by atoms with Crippen LogP contribution in [0.15, 0.2) is 24.3 Å². The summed E-state index contributed by atoms with van der Waals surface area (Å²) in [6.45, 7) is 10.0. The molecule has 178 valence electrons. The summed E-state index contributed by atoms with van der Waals surface area (Å²) >= 11 is 0. The summed E-state index contributed by atoms with van der Waals surface area (Å²) in [5, 5.41) is 11.6. The van der Waals surface area contributed by atoms with Crippen LogP contribution < -0.4 is 9.80 Å². The summed E-state index contributed by atoms with van der Waals surface area (Å²) in [6, 6.07) is 9.33. The molecular weight excluding hydrogens is 412 g/mol. The Balaban J connectivity index is 1.60. The first-order valence-corrected chi connectivity index (χ1v) is 12.5. The number of nitrogens with zero attached hydrogens (tertiary/aromatic N) is 2. The van der Waals surface area contributed by atoms with E-state index in [2.05, 4.69) is 47.9 Å². The smallest absolute Gasteiger partial charge is 0.105 e. The summed E-state index contributed by atoms with van der Waals surface area (Å²) in [4.78, 5) is 4.92. The van der Waals surface area contributed by atoms with Crippen LogP contribution in [-0.2, 0) is 27.7 Å². The predicted octanol–water partition coefficient (Wildman–Crippen LogP) is 4.21. The van der Waals surface area contributed by atoms with Gasteiger partial charge >= 0.3 is 0 Å². The van der Waals surface area contributed by atoms with Gasteiger partial charge in [0, 0.05) is 57.2 Å². The highest BCUT2D eigenvalue weighted by Crippen LogP contribution is 2.50. The topological polar surface area (TPSA) is 45.2 Å². The Labute approximate surface area is 198 Å². The molecule has 2 aromatic carbocycles. The number of aliphatic hydroxyl groups is 1. The van der Waals surface area contributed by atoms with Crippen molar-refractivity contribution in [3.05, 3.63) is 57.6 Å². The number of ether oxygens (including phenoxy) is 2. The second-order valence-corrected chi connectivity index (χ2v) is 10.3. The molecule has 0 fully saturated rings. The maximum absolute atomic E-state index is 11.6. The monoisotopic (exact) mass is 450 g/mol. The molecular formula is C28H38N2O3. The first-order chi connectivity index (χ1) is 16.0. The number of hydrogen-bond acceptors (Lipinski definition) is 5. The van der Waals surface area contributed by atoms with Gasteiger partial charge in [0.15, 0.2) is 0 Å². The average Bonchev–Trinajstić information content (AvgIpc) is 2.83. The zero-order valence-corrected chi connectivity index (χ0v) is 20.6. The van der Waals surface area contributed by atoms with Gasteiger partial charge in [0.25, 0.3) is 0 Å². The molecule has 0 saturated carbocycles. The third-order valence-electron chi connectivity index (χ3n) is 8.00. The van der Waals surface area contributed by atoms with E-state index in [4.69, 9.17) is 9.47 Å². The SMILES string of the molecule is COCCN1CCCc2cc3c(cc21)C(C)(C)c1cc2c(cc1C3O)CCCN2CCOC. The Bertz CT molecular complexity index is 953. The lowest BCUT2D eigenvalue weighted by atomic mass is 9.66. The fourth-order valence-corrected chi connectivity index (χ4v) is 6.17. The van der Waals surface area contributed by atoms with Crippen molar-refractivity contribution in [1.82, 2.24) is 0 Å². The number of anilines is 2. The fraction of sp³-hybridized carbons (Fsp3) is 0.571. The highest BCUT2D eigenvalue weighted by molar-refractivity contribution is 5.69. The van der Waals surface area contributed by atoms with E-state index in [9.17, 15) is 5.11 Å². The lowest BCUT2D eigenvalue weighted by molar-refractivity contribution is 0.204. The number of benzene rings is 2. The molecule has 0 bridgehead atoms. The Morgan fingerprint density at radius 2 is 1.27 bits per heavy atom. The molecule has 0 saturated heterocycles. The summed E-state index contributed by atoms with van der Waals surface area (Å²) in [5.41, 5.74) is 9.87. The molecule has 0 atom stereocenters. The molecule has 33 heavy (non-hydrogen) atoms. The lowest BCUT2D eigenvalue weighted by Gasteiger charge is -2.42. The molecule has 2 heterocycles. The van der Waals surface area contributed by atoms with Crippen LogP contribution >= 0.6 is 0 Å². The van der Waals surface area contributed by atoms with Crippen LogP contribution in [0.3, 0.4) is 0 Å². The molecule has 5 nitrogen and oxygen atoms in total. The van der Waals surface area contributed by atoms with E-state index in [1.807, 2.05) is 0 Å². The summed E-state index contributed by atoms with van der Waals surface area (Å²) in [5.74, 6) is 0. The zero-order chi connectivity index (χ0) is 23.2. The van der Waals surface area contributed by atoms with Crippen LogP contribution in [0.4, 0.5) is 11.4 Å². The minimum Gasteiger partial charge on any atom is -0.384 e. The minimum absolute atomic E-state index is 0.178. The number of methoxy groups -OCH3 is 2. The van der Waals surface area contributed by atoms with E-state index < -0.39 is 6.10 Å². The fourth-order valence-electron chi connectivity index (χ4n) is 6.17. The van der Waals surface area contributed by atoms with Gasteiger partial charge in [-0.15, -0.1) is 0 Å².